The molecule has 0 radical (unpaired) electrons. The van der Waals surface area contributed by atoms with E-state index < -0.39 is 36.7 Å². The number of hydrogen-bond acceptors (Lipinski definition) is 3. The van der Waals surface area contributed by atoms with Crippen molar-refractivity contribution in [2.75, 3.05) is 11.9 Å². The smallest absolute Gasteiger partial charge is 0.307 e. The molecule has 0 aromatic heterocycles. The maximum absolute atomic E-state index is 12.2. The Hall–Kier alpha value is -2.18. The molecule has 2 rings (SSSR count). The SMILES string of the molecule is O=C(O)C1CCC1C(=O)Nc1ccccc1OCC(F)F. The topological polar surface area (TPSA) is 75.6 Å². The van der Waals surface area contributed by atoms with Crippen molar-refractivity contribution in [2.45, 2.75) is 19.3 Å². The number of rotatable bonds is 6. The number of hydrogen-bond donors (Lipinski definition) is 2. The second-order valence-electron chi connectivity index (χ2n) is 4.82. The number of carboxylic acids is 1. The van der Waals surface area contributed by atoms with Gasteiger partial charge in [-0.05, 0) is 25.0 Å². The van der Waals surface area contributed by atoms with E-state index in [2.05, 4.69) is 5.32 Å². The predicted octanol–water partition coefficient (Wildman–Crippen LogP) is 2.38. The summed E-state index contributed by atoms with van der Waals surface area (Å²) in [6, 6.07) is 6.21. The van der Waals surface area contributed by atoms with Crippen molar-refractivity contribution in [3.63, 3.8) is 0 Å². The lowest BCUT2D eigenvalue weighted by molar-refractivity contribution is -0.151. The third-order valence-corrected chi connectivity index (χ3v) is 3.44. The second kappa shape index (κ2) is 6.51. The van der Waals surface area contributed by atoms with Crippen LogP contribution in [0.3, 0.4) is 0 Å². The van der Waals surface area contributed by atoms with Crippen molar-refractivity contribution in [1.82, 2.24) is 0 Å². The molecule has 0 heterocycles. The van der Waals surface area contributed by atoms with E-state index in [4.69, 9.17) is 9.84 Å². The van der Waals surface area contributed by atoms with Gasteiger partial charge in [-0.2, -0.15) is 0 Å². The Morgan fingerprint density at radius 2 is 1.95 bits per heavy atom. The minimum Gasteiger partial charge on any atom is -0.485 e. The van der Waals surface area contributed by atoms with E-state index in [0.717, 1.165) is 0 Å². The van der Waals surface area contributed by atoms with E-state index in [0.29, 0.717) is 12.8 Å². The lowest BCUT2D eigenvalue weighted by atomic mass is 9.73. The highest BCUT2D eigenvalue weighted by molar-refractivity contribution is 5.97. The Bertz CT molecular complexity index is 535. The quantitative estimate of drug-likeness (QED) is 0.845. The maximum Gasteiger partial charge on any atom is 0.307 e. The molecule has 21 heavy (non-hydrogen) atoms. The van der Waals surface area contributed by atoms with Crippen LogP contribution in [-0.4, -0.2) is 30.0 Å². The number of anilines is 1. The van der Waals surface area contributed by atoms with Gasteiger partial charge < -0.3 is 15.2 Å². The van der Waals surface area contributed by atoms with Crippen LogP contribution >= 0.6 is 0 Å². The average Bonchev–Trinajstić information content (AvgIpc) is 2.35. The molecule has 1 saturated carbocycles. The first-order valence-electron chi connectivity index (χ1n) is 6.52. The third-order valence-electron chi connectivity index (χ3n) is 3.44. The fraction of sp³-hybridized carbons (Fsp3) is 0.429. The summed E-state index contributed by atoms with van der Waals surface area (Å²) < 4.78 is 29.3. The number of carboxylic acid groups (broad SMARTS) is 1. The number of amides is 1. The van der Waals surface area contributed by atoms with Crippen LogP contribution in [0.25, 0.3) is 0 Å². The number of aliphatic carboxylic acids is 1. The molecule has 7 heteroatoms. The van der Waals surface area contributed by atoms with Crippen LogP contribution in [0, 0.1) is 11.8 Å². The highest BCUT2D eigenvalue weighted by atomic mass is 19.3. The Morgan fingerprint density at radius 1 is 1.29 bits per heavy atom. The van der Waals surface area contributed by atoms with Gasteiger partial charge in [0.25, 0.3) is 6.43 Å². The van der Waals surface area contributed by atoms with Crippen LogP contribution in [0.4, 0.5) is 14.5 Å². The number of halogens is 2. The number of alkyl halides is 2. The molecule has 1 aliphatic carbocycles. The zero-order valence-corrected chi connectivity index (χ0v) is 11.1. The van der Waals surface area contributed by atoms with Crippen LogP contribution in [0.15, 0.2) is 24.3 Å². The Kier molecular flexibility index (Phi) is 4.72. The monoisotopic (exact) mass is 299 g/mol. The summed E-state index contributed by atoms with van der Waals surface area (Å²) >= 11 is 0. The zero-order valence-electron chi connectivity index (χ0n) is 11.1. The van der Waals surface area contributed by atoms with Crippen molar-refractivity contribution in [3.8, 4) is 5.75 Å². The lowest BCUT2D eigenvalue weighted by Gasteiger charge is -2.32. The minimum atomic E-state index is -2.61. The summed E-state index contributed by atoms with van der Waals surface area (Å²) in [5.74, 6) is -2.56. The van der Waals surface area contributed by atoms with E-state index in [9.17, 15) is 18.4 Å². The molecule has 1 aliphatic rings. The molecule has 2 atom stereocenters. The van der Waals surface area contributed by atoms with Crippen molar-refractivity contribution < 1.29 is 28.2 Å². The standard InChI is InChI=1S/C14H15F2NO4/c15-12(16)7-21-11-4-2-1-3-10(11)17-13(18)8-5-6-9(8)14(19)20/h1-4,8-9,12H,5-7H2,(H,17,18)(H,19,20). The van der Waals surface area contributed by atoms with Gasteiger partial charge in [-0.1, -0.05) is 12.1 Å². The van der Waals surface area contributed by atoms with Gasteiger partial charge >= 0.3 is 5.97 Å². The number of carbonyl (C=O) groups is 2. The lowest BCUT2D eigenvalue weighted by Crippen LogP contribution is -2.41. The van der Waals surface area contributed by atoms with E-state index in [1.165, 1.54) is 12.1 Å². The number of nitrogens with one attached hydrogen (secondary N) is 1. The van der Waals surface area contributed by atoms with E-state index >= 15 is 0 Å². The molecule has 0 saturated heterocycles. The molecule has 2 unspecified atom stereocenters. The first-order valence-corrected chi connectivity index (χ1v) is 6.52. The van der Waals surface area contributed by atoms with Crippen molar-refractivity contribution in [1.29, 1.82) is 0 Å². The maximum atomic E-state index is 12.2. The van der Waals surface area contributed by atoms with Gasteiger partial charge in [-0.3, -0.25) is 9.59 Å². The Balaban J connectivity index is 2.02. The molecule has 1 aromatic carbocycles. The van der Waals surface area contributed by atoms with Gasteiger partial charge in [0.15, 0.2) is 0 Å². The highest BCUT2D eigenvalue weighted by Gasteiger charge is 2.41. The van der Waals surface area contributed by atoms with Crippen molar-refractivity contribution in [3.05, 3.63) is 24.3 Å². The van der Waals surface area contributed by atoms with E-state index in [1.54, 1.807) is 12.1 Å². The fourth-order valence-corrected chi connectivity index (χ4v) is 2.18. The summed E-state index contributed by atoms with van der Waals surface area (Å²) in [6.45, 7) is -0.770. The Labute approximate surface area is 119 Å². The van der Waals surface area contributed by atoms with Crippen LogP contribution in [-0.2, 0) is 9.59 Å². The van der Waals surface area contributed by atoms with E-state index in [1.807, 2.05) is 0 Å². The molecule has 1 amide bonds. The number of para-hydroxylation sites is 2. The van der Waals surface area contributed by atoms with Crippen LogP contribution in [0.1, 0.15) is 12.8 Å². The largest absolute Gasteiger partial charge is 0.485 e. The normalized spacial score (nSPS) is 20.7. The predicted molar refractivity (Wildman–Crippen MR) is 70.4 cm³/mol. The third kappa shape index (κ3) is 3.68. The average molecular weight is 299 g/mol. The van der Waals surface area contributed by atoms with Crippen molar-refractivity contribution >= 4 is 17.6 Å². The van der Waals surface area contributed by atoms with Gasteiger partial charge in [0.05, 0.1) is 17.5 Å². The van der Waals surface area contributed by atoms with Gasteiger partial charge in [-0.25, -0.2) is 8.78 Å². The number of carbonyl (C=O) groups excluding carboxylic acids is 1. The number of benzene rings is 1. The molecule has 1 fully saturated rings. The summed E-state index contributed by atoms with van der Waals surface area (Å²) in [5.41, 5.74) is 0.263. The van der Waals surface area contributed by atoms with Gasteiger partial charge in [0.1, 0.15) is 12.4 Å². The Morgan fingerprint density at radius 3 is 2.52 bits per heavy atom. The zero-order chi connectivity index (χ0) is 15.4. The first kappa shape index (κ1) is 15.2. The molecule has 5 nitrogen and oxygen atoms in total. The van der Waals surface area contributed by atoms with Crippen LogP contribution in [0.5, 0.6) is 5.75 Å². The van der Waals surface area contributed by atoms with Gasteiger partial charge in [0.2, 0.25) is 5.91 Å². The molecule has 0 aliphatic heterocycles. The summed E-state index contributed by atoms with van der Waals surface area (Å²) in [4.78, 5) is 22.9. The van der Waals surface area contributed by atoms with Gasteiger partial charge in [0, 0.05) is 0 Å². The first-order chi connectivity index (χ1) is 9.99. The summed E-state index contributed by atoms with van der Waals surface area (Å²) in [6.07, 6.45) is -1.64. The van der Waals surface area contributed by atoms with Gasteiger partial charge in [-0.15, -0.1) is 0 Å². The summed E-state index contributed by atoms with van der Waals surface area (Å²) in [7, 11) is 0. The van der Waals surface area contributed by atoms with E-state index in [-0.39, 0.29) is 11.4 Å². The molecule has 0 bridgehead atoms. The molecule has 0 spiro atoms. The molecule has 2 N–H and O–H groups in total. The fourth-order valence-electron chi connectivity index (χ4n) is 2.18. The summed E-state index contributed by atoms with van der Waals surface area (Å²) in [5, 5.41) is 11.5. The van der Waals surface area contributed by atoms with Crippen LogP contribution < -0.4 is 10.1 Å². The van der Waals surface area contributed by atoms with Crippen LogP contribution in [0.2, 0.25) is 0 Å². The number of ether oxygens (including phenoxy) is 1. The second-order valence-corrected chi connectivity index (χ2v) is 4.82. The molecular weight excluding hydrogens is 284 g/mol. The molecule has 1 aromatic rings. The minimum absolute atomic E-state index is 0.136. The molecular formula is C14H15F2NO4. The van der Waals surface area contributed by atoms with Crippen molar-refractivity contribution in [2.24, 2.45) is 11.8 Å². The highest BCUT2D eigenvalue weighted by Crippen LogP contribution is 2.36. The molecule has 114 valence electrons.